The number of aromatic carboxylic acids is 1. The molecular formula is C18H17N2O7S-. The molecule has 1 aliphatic rings. The van der Waals surface area contributed by atoms with Crippen LogP contribution < -0.4 is 24.8 Å². The monoisotopic (exact) mass is 405 g/mol. The molecular weight excluding hydrogens is 388 g/mol. The molecule has 0 saturated heterocycles. The highest BCUT2D eigenvalue weighted by Crippen LogP contribution is 2.30. The van der Waals surface area contributed by atoms with Crippen LogP contribution in [-0.2, 0) is 14.8 Å². The van der Waals surface area contributed by atoms with Gasteiger partial charge >= 0.3 is 0 Å². The van der Waals surface area contributed by atoms with Gasteiger partial charge in [-0.3, -0.25) is 10.2 Å². The standard InChI is InChI=1S/C18H18N2O7S/c1-10-7-12(18(22)23)8-16(11(10)2)28(24,25)20-19-17(21)15-9-26-13-5-3-4-6-14(13)27-15/h3-8,15,20H,9H2,1-2H3,(H,19,21)(H,22,23)/p-1/t15-/m1/s1. The minimum absolute atomic E-state index is 0.0944. The maximum Gasteiger partial charge on any atom is 0.279 e. The van der Waals surface area contributed by atoms with Crippen LogP contribution in [0.4, 0.5) is 0 Å². The van der Waals surface area contributed by atoms with E-state index in [1.165, 1.54) is 13.0 Å². The van der Waals surface area contributed by atoms with Gasteiger partial charge in [-0.25, -0.2) is 8.42 Å². The molecule has 2 aromatic rings. The first-order valence-corrected chi connectivity index (χ1v) is 9.70. The first-order valence-electron chi connectivity index (χ1n) is 8.22. The molecule has 28 heavy (non-hydrogen) atoms. The third-order valence-electron chi connectivity index (χ3n) is 4.25. The lowest BCUT2D eigenvalue weighted by Gasteiger charge is -2.25. The molecule has 1 amide bonds. The van der Waals surface area contributed by atoms with E-state index in [2.05, 4.69) is 5.43 Å². The Hall–Kier alpha value is -3.11. The van der Waals surface area contributed by atoms with Crippen LogP contribution in [-0.4, -0.2) is 33.0 Å². The van der Waals surface area contributed by atoms with Crippen LogP contribution in [0.3, 0.4) is 0 Å². The summed E-state index contributed by atoms with van der Waals surface area (Å²) in [4.78, 5) is 25.0. The number of carbonyl (C=O) groups excluding carboxylic acids is 2. The molecule has 10 heteroatoms. The van der Waals surface area contributed by atoms with Gasteiger partial charge in [-0.15, -0.1) is 4.83 Å². The van der Waals surface area contributed by atoms with E-state index in [1.807, 2.05) is 4.83 Å². The number of hydrogen-bond donors (Lipinski definition) is 2. The summed E-state index contributed by atoms with van der Waals surface area (Å²) in [5.41, 5.74) is 2.59. The van der Waals surface area contributed by atoms with Crippen molar-refractivity contribution in [1.29, 1.82) is 0 Å². The maximum absolute atomic E-state index is 12.6. The van der Waals surface area contributed by atoms with Crippen molar-refractivity contribution in [2.75, 3.05) is 6.61 Å². The number of carboxylic acids is 1. The molecule has 1 atom stereocenters. The zero-order valence-electron chi connectivity index (χ0n) is 15.0. The van der Waals surface area contributed by atoms with Gasteiger partial charge in [0.15, 0.2) is 11.5 Å². The van der Waals surface area contributed by atoms with Crippen LogP contribution in [0.25, 0.3) is 0 Å². The van der Waals surface area contributed by atoms with Crippen molar-refractivity contribution in [3.8, 4) is 11.5 Å². The van der Waals surface area contributed by atoms with Crippen LogP contribution in [0, 0.1) is 13.8 Å². The Balaban J connectivity index is 1.74. The lowest BCUT2D eigenvalue weighted by Crippen LogP contribution is -2.50. The van der Waals surface area contributed by atoms with E-state index in [0.717, 1.165) is 6.07 Å². The zero-order valence-corrected chi connectivity index (χ0v) is 15.8. The molecule has 0 aromatic heterocycles. The smallest absolute Gasteiger partial charge is 0.279 e. The van der Waals surface area contributed by atoms with Crippen molar-refractivity contribution in [2.24, 2.45) is 0 Å². The summed E-state index contributed by atoms with van der Waals surface area (Å²) < 4.78 is 36.0. The molecule has 2 N–H and O–H groups in total. The van der Waals surface area contributed by atoms with E-state index in [-0.39, 0.29) is 17.1 Å². The molecule has 0 unspecified atom stereocenters. The van der Waals surface area contributed by atoms with Gasteiger partial charge in [0.2, 0.25) is 6.10 Å². The number of carboxylic acid groups (broad SMARTS) is 1. The summed E-state index contributed by atoms with van der Waals surface area (Å²) in [7, 11) is -4.23. The van der Waals surface area contributed by atoms with Crippen molar-refractivity contribution in [3.05, 3.63) is 53.1 Å². The van der Waals surface area contributed by atoms with Crippen molar-refractivity contribution >= 4 is 21.9 Å². The van der Waals surface area contributed by atoms with Gasteiger partial charge in [0.25, 0.3) is 15.9 Å². The Labute approximate surface area is 161 Å². The van der Waals surface area contributed by atoms with Gasteiger partial charge in [-0.2, -0.15) is 0 Å². The lowest BCUT2D eigenvalue weighted by molar-refractivity contribution is -0.255. The Bertz CT molecular complexity index is 1050. The van der Waals surface area contributed by atoms with Crippen LogP contribution in [0.5, 0.6) is 11.5 Å². The number of ether oxygens (including phenoxy) is 2. The average Bonchev–Trinajstić information content (AvgIpc) is 2.67. The number of amides is 1. The van der Waals surface area contributed by atoms with Crippen LogP contribution >= 0.6 is 0 Å². The second-order valence-electron chi connectivity index (χ2n) is 6.16. The number of carbonyl (C=O) groups is 2. The molecule has 1 heterocycles. The zero-order chi connectivity index (χ0) is 20.5. The summed E-state index contributed by atoms with van der Waals surface area (Å²) in [6, 6.07) is 9.05. The van der Waals surface area contributed by atoms with E-state index in [0.29, 0.717) is 22.6 Å². The largest absolute Gasteiger partial charge is 0.545 e. The highest BCUT2D eigenvalue weighted by atomic mass is 32.2. The van der Waals surface area contributed by atoms with E-state index in [1.54, 1.807) is 31.2 Å². The third-order valence-corrected chi connectivity index (χ3v) is 5.63. The fourth-order valence-corrected chi connectivity index (χ4v) is 3.82. The molecule has 148 valence electrons. The molecule has 0 bridgehead atoms. The van der Waals surface area contributed by atoms with E-state index < -0.39 is 28.0 Å². The number of nitrogens with one attached hydrogen (secondary N) is 2. The lowest BCUT2D eigenvalue weighted by atomic mass is 10.1. The summed E-state index contributed by atoms with van der Waals surface area (Å²) in [6.07, 6.45) is -1.06. The van der Waals surface area contributed by atoms with Crippen molar-refractivity contribution in [1.82, 2.24) is 10.3 Å². The Kier molecular flexibility index (Phi) is 5.25. The number of hydrazine groups is 1. The van der Waals surface area contributed by atoms with E-state index >= 15 is 0 Å². The molecule has 2 aromatic carbocycles. The Morgan fingerprint density at radius 2 is 1.82 bits per heavy atom. The number of hydrogen-bond acceptors (Lipinski definition) is 7. The predicted octanol–water partition coefficient (Wildman–Crippen LogP) is -0.184. The van der Waals surface area contributed by atoms with Crippen molar-refractivity contribution in [3.63, 3.8) is 0 Å². The SMILES string of the molecule is Cc1cc(C(=O)[O-])cc(S(=O)(=O)NNC(=O)[C@H]2COc3ccccc3O2)c1C. The number of para-hydroxylation sites is 2. The fraction of sp³-hybridized carbons (Fsp3) is 0.222. The number of rotatable bonds is 5. The van der Waals surface area contributed by atoms with E-state index in [4.69, 9.17) is 9.47 Å². The molecule has 0 spiro atoms. The van der Waals surface area contributed by atoms with Crippen molar-refractivity contribution < 1.29 is 32.6 Å². The molecule has 0 fully saturated rings. The topological polar surface area (TPSA) is 134 Å². The first-order chi connectivity index (χ1) is 13.2. The highest BCUT2D eigenvalue weighted by Gasteiger charge is 2.29. The number of benzene rings is 2. The van der Waals surface area contributed by atoms with Crippen LogP contribution in [0.2, 0.25) is 0 Å². The number of sulfonamides is 1. The highest BCUT2D eigenvalue weighted by molar-refractivity contribution is 7.89. The van der Waals surface area contributed by atoms with Gasteiger partial charge in [0.1, 0.15) is 6.61 Å². The average molecular weight is 405 g/mol. The van der Waals surface area contributed by atoms with Gasteiger partial charge in [-0.05, 0) is 54.8 Å². The van der Waals surface area contributed by atoms with Gasteiger partial charge < -0.3 is 19.4 Å². The van der Waals surface area contributed by atoms with Gasteiger partial charge in [-0.1, -0.05) is 12.1 Å². The van der Waals surface area contributed by atoms with Gasteiger partial charge in [0, 0.05) is 0 Å². The summed E-state index contributed by atoms with van der Waals surface area (Å²) in [5, 5.41) is 11.1. The fourth-order valence-electron chi connectivity index (χ4n) is 2.63. The van der Waals surface area contributed by atoms with E-state index in [9.17, 15) is 23.1 Å². The number of fused-ring (bicyclic) bond motifs is 1. The Morgan fingerprint density at radius 1 is 1.14 bits per heavy atom. The molecule has 0 radical (unpaired) electrons. The Morgan fingerprint density at radius 3 is 2.50 bits per heavy atom. The van der Waals surface area contributed by atoms with Crippen LogP contribution in [0.1, 0.15) is 21.5 Å². The molecule has 9 nitrogen and oxygen atoms in total. The number of aryl methyl sites for hydroxylation is 1. The van der Waals surface area contributed by atoms with Gasteiger partial charge in [0.05, 0.1) is 10.9 Å². The molecule has 1 aliphatic heterocycles. The van der Waals surface area contributed by atoms with Crippen molar-refractivity contribution in [2.45, 2.75) is 24.8 Å². The summed E-state index contributed by atoms with van der Waals surface area (Å²) in [5.74, 6) is -1.42. The summed E-state index contributed by atoms with van der Waals surface area (Å²) in [6.45, 7) is 3.01. The maximum atomic E-state index is 12.6. The normalized spacial score (nSPS) is 15.7. The van der Waals surface area contributed by atoms with Crippen LogP contribution in [0.15, 0.2) is 41.3 Å². The first kappa shape index (κ1) is 19.6. The third kappa shape index (κ3) is 3.92. The minimum atomic E-state index is -4.23. The molecule has 3 rings (SSSR count). The second kappa shape index (κ2) is 7.49. The predicted molar refractivity (Wildman–Crippen MR) is 95.1 cm³/mol. The molecule has 0 saturated carbocycles. The second-order valence-corrected chi connectivity index (χ2v) is 7.81. The quantitative estimate of drug-likeness (QED) is 0.659. The molecule has 0 aliphatic carbocycles. The minimum Gasteiger partial charge on any atom is -0.545 e. The summed E-state index contributed by atoms with van der Waals surface area (Å²) >= 11 is 0.